The Morgan fingerprint density at radius 2 is 2.00 bits per heavy atom. The first-order valence-corrected chi connectivity index (χ1v) is 8.59. The number of rotatable bonds is 6. The third kappa shape index (κ3) is 6.44. The molecule has 1 fully saturated rings. The van der Waals surface area contributed by atoms with E-state index in [1.165, 1.54) is 18.3 Å². The predicted octanol–water partition coefficient (Wildman–Crippen LogP) is 4.46. The Kier molecular flexibility index (Phi) is 9.29. The summed E-state index contributed by atoms with van der Waals surface area (Å²) in [5.41, 5.74) is 0. The number of nitro groups is 1. The van der Waals surface area contributed by atoms with E-state index in [4.69, 9.17) is 9.47 Å². The maximum atomic E-state index is 10.6. The lowest BCUT2D eigenvalue weighted by Crippen LogP contribution is -2.17. The van der Waals surface area contributed by atoms with Crippen molar-refractivity contribution in [3.63, 3.8) is 0 Å². The van der Waals surface area contributed by atoms with Gasteiger partial charge in [-0.2, -0.15) is 5.10 Å². The summed E-state index contributed by atoms with van der Waals surface area (Å²) in [4.78, 5) is 13.7. The molecule has 0 amide bonds. The maximum Gasteiger partial charge on any atom is 0.363 e. The smallest absolute Gasteiger partial charge is 0.363 e. The minimum Gasteiger partial charge on any atom is -0.450 e. The normalized spacial score (nSPS) is 13.9. The molecule has 3 heterocycles. The van der Waals surface area contributed by atoms with Crippen LogP contribution in [-0.4, -0.2) is 32.9 Å². The zero-order chi connectivity index (χ0) is 18.1. The molecule has 8 heteroatoms. The van der Waals surface area contributed by atoms with Gasteiger partial charge in [0.1, 0.15) is 0 Å². The zero-order valence-electron chi connectivity index (χ0n) is 14.6. The van der Waals surface area contributed by atoms with E-state index in [2.05, 4.69) is 10.1 Å². The largest absolute Gasteiger partial charge is 0.450 e. The van der Waals surface area contributed by atoms with Crippen molar-refractivity contribution in [3.8, 4) is 11.5 Å². The van der Waals surface area contributed by atoms with Crippen LogP contribution in [0.2, 0.25) is 0 Å². The standard InChI is InChI=1S/C15H18N4O4.C2H6.CH4/c20-19(21)15-2-1-13(9-16-15)23-14-10-17-18(11-14)6-3-12-4-7-22-8-5-12;1-2;/h1-2,9-12H,3-8H2;1-2H3;1H4. The second-order valence-electron chi connectivity index (χ2n) is 5.49. The summed E-state index contributed by atoms with van der Waals surface area (Å²) in [6, 6.07) is 2.83. The monoisotopic (exact) mass is 364 g/mol. The van der Waals surface area contributed by atoms with Gasteiger partial charge >= 0.3 is 5.82 Å². The minimum atomic E-state index is -0.544. The van der Waals surface area contributed by atoms with Crippen LogP contribution < -0.4 is 4.74 Å². The van der Waals surface area contributed by atoms with Gasteiger partial charge in [-0.05, 0) is 41.2 Å². The van der Waals surface area contributed by atoms with Crippen molar-refractivity contribution in [1.29, 1.82) is 0 Å². The quantitative estimate of drug-likeness (QED) is 0.555. The summed E-state index contributed by atoms with van der Waals surface area (Å²) in [5.74, 6) is 1.52. The van der Waals surface area contributed by atoms with Crippen LogP contribution in [-0.2, 0) is 11.3 Å². The van der Waals surface area contributed by atoms with Gasteiger partial charge in [-0.1, -0.05) is 21.3 Å². The topological polar surface area (TPSA) is 92.3 Å². The van der Waals surface area contributed by atoms with E-state index in [-0.39, 0.29) is 13.2 Å². The Hall–Kier alpha value is -2.48. The van der Waals surface area contributed by atoms with E-state index >= 15 is 0 Å². The molecule has 1 saturated heterocycles. The van der Waals surface area contributed by atoms with Crippen molar-refractivity contribution in [2.24, 2.45) is 5.92 Å². The summed E-state index contributed by atoms with van der Waals surface area (Å²) in [6.07, 6.45) is 8.07. The summed E-state index contributed by atoms with van der Waals surface area (Å²) >= 11 is 0. The van der Waals surface area contributed by atoms with E-state index in [9.17, 15) is 10.1 Å². The highest BCUT2D eigenvalue weighted by Gasteiger charge is 2.14. The number of ether oxygens (including phenoxy) is 2. The lowest BCUT2D eigenvalue weighted by Gasteiger charge is -2.21. The molecule has 1 aliphatic rings. The van der Waals surface area contributed by atoms with Crippen molar-refractivity contribution < 1.29 is 14.4 Å². The fourth-order valence-electron chi connectivity index (χ4n) is 2.55. The molecule has 8 nitrogen and oxygen atoms in total. The number of aromatic nitrogens is 3. The summed E-state index contributed by atoms with van der Waals surface area (Å²) < 4.78 is 12.8. The predicted molar refractivity (Wildman–Crippen MR) is 99.4 cm³/mol. The van der Waals surface area contributed by atoms with Crippen LogP contribution in [0.5, 0.6) is 11.5 Å². The second kappa shape index (κ2) is 11.2. The number of aryl methyl sites for hydroxylation is 1. The van der Waals surface area contributed by atoms with Crippen molar-refractivity contribution >= 4 is 5.82 Å². The zero-order valence-corrected chi connectivity index (χ0v) is 14.6. The fourth-order valence-corrected chi connectivity index (χ4v) is 2.55. The van der Waals surface area contributed by atoms with Crippen molar-refractivity contribution in [1.82, 2.24) is 14.8 Å². The third-order valence-corrected chi connectivity index (χ3v) is 3.86. The average Bonchev–Trinajstić information content (AvgIpc) is 3.10. The molecule has 0 radical (unpaired) electrons. The highest BCUT2D eigenvalue weighted by Crippen LogP contribution is 2.23. The van der Waals surface area contributed by atoms with Crippen LogP contribution in [0.4, 0.5) is 5.82 Å². The van der Waals surface area contributed by atoms with E-state index in [0.29, 0.717) is 17.4 Å². The molecule has 0 bridgehead atoms. The maximum absolute atomic E-state index is 10.6. The number of hydrogen-bond acceptors (Lipinski definition) is 6. The lowest BCUT2D eigenvalue weighted by molar-refractivity contribution is -0.389. The Labute approximate surface area is 154 Å². The first-order chi connectivity index (χ1) is 12.2. The molecule has 0 saturated carbocycles. The Morgan fingerprint density at radius 3 is 2.62 bits per heavy atom. The molecule has 2 aromatic rings. The number of nitrogens with zero attached hydrogens (tertiary/aromatic N) is 4. The van der Waals surface area contributed by atoms with Crippen molar-refractivity contribution in [3.05, 3.63) is 40.8 Å². The van der Waals surface area contributed by atoms with Gasteiger partial charge in [0.15, 0.2) is 17.7 Å². The van der Waals surface area contributed by atoms with Crippen molar-refractivity contribution in [2.75, 3.05) is 13.2 Å². The molecule has 0 atom stereocenters. The molecular formula is C18H28N4O4. The average molecular weight is 364 g/mol. The van der Waals surface area contributed by atoms with Gasteiger partial charge in [-0.25, -0.2) is 0 Å². The first kappa shape index (κ1) is 21.6. The Balaban J connectivity index is 0.00000109. The molecule has 144 valence electrons. The van der Waals surface area contributed by atoms with Gasteiger partial charge in [-0.3, -0.25) is 4.68 Å². The highest BCUT2D eigenvalue weighted by atomic mass is 16.6. The summed E-state index contributed by atoms with van der Waals surface area (Å²) in [5, 5.41) is 14.8. The van der Waals surface area contributed by atoms with Crippen LogP contribution >= 0.6 is 0 Å². The van der Waals surface area contributed by atoms with Crippen LogP contribution in [0.1, 0.15) is 40.5 Å². The van der Waals surface area contributed by atoms with E-state index in [1.54, 1.807) is 6.20 Å². The molecule has 0 aromatic carbocycles. The molecule has 1 aliphatic heterocycles. The van der Waals surface area contributed by atoms with Crippen LogP contribution in [0.15, 0.2) is 30.7 Å². The van der Waals surface area contributed by atoms with E-state index in [0.717, 1.165) is 39.0 Å². The summed E-state index contributed by atoms with van der Waals surface area (Å²) in [7, 11) is 0. The van der Waals surface area contributed by atoms with E-state index in [1.807, 2.05) is 24.7 Å². The molecule has 2 aromatic heterocycles. The number of pyridine rings is 1. The lowest BCUT2D eigenvalue weighted by atomic mass is 9.97. The SMILES string of the molecule is C.CC.O=[N+]([O-])c1ccc(Oc2cnn(CCC3CCOCC3)c2)cn1. The van der Waals surface area contributed by atoms with E-state index < -0.39 is 4.92 Å². The van der Waals surface area contributed by atoms with Gasteiger partial charge in [0.25, 0.3) is 0 Å². The van der Waals surface area contributed by atoms with Gasteiger partial charge in [-0.15, -0.1) is 0 Å². The molecule has 0 spiro atoms. The van der Waals surface area contributed by atoms with Gasteiger partial charge in [0, 0.05) is 25.8 Å². The molecule has 26 heavy (non-hydrogen) atoms. The Morgan fingerprint density at radius 1 is 1.27 bits per heavy atom. The molecule has 0 N–H and O–H groups in total. The third-order valence-electron chi connectivity index (χ3n) is 3.86. The second-order valence-corrected chi connectivity index (χ2v) is 5.49. The molecule has 3 rings (SSSR count). The molecule has 0 aliphatic carbocycles. The highest BCUT2D eigenvalue weighted by molar-refractivity contribution is 5.30. The molecule has 0 unspecified atom stereocenters. The van der Waals surface area contributed by atoms with Gasteiger partial charge in [0.05, 0.1) is 12.4 Å². The minimum absolute atomic E-state index is 0. The van der Waals surface area contributed by atoms with Crippen LogP contribution in [0.25, 0.3) is 0 Å². The van der Waals surface area contributed by atoms with Gasteiger partial charge in [0.2, 0.25) is 0 Å². The van der Waals surface area contributed by atoms with Gasteiger partial charge < -0.3 is 19.6 Å². The Bertz CT molecular complexity index is 651. The summed E-state index contributed by atoms with van der Waals surface area (Å²) in [6.45, 7) is 6.54. The fraction of sp³-hybridized carbons (Fsp3) is 0.556. The van der Waals surface area contributed by atoms with Crippen LogP contribution in [0, 0.1) is 16.0 Å². The van der Waals surface area contributed by atoms with Crippen molar-refractivity contribution in [2.45, 2.75) is 47.1 Å². The number of hydrogen-bond donors (Lipinski definition) is 0. The first-order valence-electron chi connectivity index (χ1n) is 8.59. The molecular weight excluding hydrogens is 336 g/mol. The van der Waals surface area contributed by atoms with Crippen LogP contribution in [0.3, 0.4) is 0 Å².